The number of carbonyl (C=O) groups is 1. The van der Waals surface area contributed by atoms with Crippen molar-refractivity contribution >= 4 is 22.6 Å². The van der Waals surface area contributed by atoms with Crippen molar-refractivity contribution in [2.45, 2.75) is 40.0 Å². The fourth-order valence-electron chi connectivity index (χ4n) is 1.73. The molecule has 1 heterocycles. The van der Waals surface area contributed by atoms with E-state index in [1.54, 1.807) is 0 Å². The zero-order chi connectivity index (χ0) is 14.2. The molecule has 2 rings (SSSR count). The zero-order valence-corrected chi connectivity index (χ0v) is 12.2. The van der Waals surface area contributed by atoms with Crippen LogP contribution in [0.15, 0.2) is 18.2 Å². The van der Waals surface area contributed by atoms with E-state index in [2.05, 4.69) is 36.1 Å². The van der Waals surface area contributed by atoms with Crippen molar-refractivity contribution in [2.24, 2.45) is 5.92 Å². The Hall–Kier alpha value is -1.84. The number of anilines is 1. The van der Waals surface area contributed by atoms with Crippen LogP contribution in [0.3, 0.4) is 0 Å². The summed E-state index contributed by atoms with van der Waals surface area (Å²) in [6, 6.07) is 5.74. The predicted octanol–water partition coefficient (Wildman–Crippen LogP) is 3.45. The highest BCUT2D eigenvalue weighted by molar-refractivity contribution is 5.94. The van der Waals surface area contributed by atoms with E-state index < -0.39 is 0 Å². The number of rotatable bonds is 2. The molecule has 4 heteroatoms. The number of imidazole rings is 1. The van der Waals surface area contributed by atoms with Crippen molar-refractivity contribution < 1.29 is 4.79 Å². The van der Waals surface area contributed by atoms with Gasteiger partial charge < -0.3 is 10.3 Å². The largest absolute Gasteiger partial charge is 0.341 e. The molecule has 102 valence electrons. The summed E-state index contributed by atoms with van der Waals surface area (Å²) in [7, 11) is 0. The van der Waals surface area contributed by atoms with Gasteiger partial charge in [-0.3, -0.25) is 4.79 Å². The van der Waals surface area contributed by atoms with Gasteiger partial charge in [-0.05, 0) is 18.2 Å². The lowest BCUT2D eigenvalue weighted by Crippen LogP contribution is -2.17. The van der Waals surface area contributed by atoms with Gasteiger partial charge in [0.05, 0.1) is 11.0 Å². The Balaban J connectivity index is 2.33. The SMILES string of the molecule is CC(C)C(=O)Nc1ccc2nc(C(C)(C)C)[nH]c2c1. The number of benzene rings is 1. The van der Waals surface area contributed by atoms with Crippen LogP contribution in [-0.4, -0.2) is 15.9 Å². The fourth-order valence-corrected chi connectivity index (χ4v) is 1.73. The molecule has 0 aliphatic carbocycles. The van der Waals surface area contributed by atoms with Gasteiger partial charge in [-0.1, -0.05) is 34.6 Å². The summed E-state index contributed by atoms with van der Waals surface area (Å²) in [4.78, 5) is 19.6. The number of fused-ring (bicyclic) bond motifs is 1. The number of nitrogens with one attached hydrogen (secondary N) is 2. The summed E-state index contributed by atoms with van der Waals surface area (Å²) in [5.41, 5.74) is 2.66. The summed E-state index contributed by atoms with van der Waals surface area (Å²) >= 11 is 0. The van der Waals surface area contributed by atoms with Crippen molar-refractivity contribution in [3.63, 3.8) is 0 Å². The van der Waals surface area contributed by atoms with E-state index in [1.165, 1.54) is 0 Å². The molecule has 2 aromatic rings. The van der Waals surface area contributed by atoms with Gasteiger partial charge in [0, 0.05) is 17.0 Å². The number of carbonyl (C=O) groups excluding carboxylic acids is 1. The Morgan fingerprint density at radius 1 is 1.32 bits per heavy atom. The standard InChI is InChI=1S/C15H21N3O/c1-9(2)13(19)16-10-6-7-11-12(8-10)18-14(17-11)15(3,4)5/h6-9H,1-5H3,(H,16,19)(H,17,18). The summed E-state index contributed by atoms with van der Waals surface area (Å²) in [6.45, 7) is 10.1. The van der Waals surface area contributed by atoms with E-state index >= 15 is 0 Å². The third-order valence-corrected chi connectivity index (χ3v) is 2.98. The monoisotopic (exact) mass is 259 g/mol. The van der Waals surface area contributed by atoms with Crippen molar-refractivity contribution in [1.29, 1.82) is 0 Å². The normalized spacial score (nSPS) is 12.1. The molecule has 1 aromatic carbocycles. The van der Waals surface area contributed by atoms with E-state index in [0.29, 0.717) is 0 Å². The number of H-pyrrole nitrogens is 1. The van der Waals surface area contributed by atoms with Crippen LogP contribution in [0, 0.1) is 5.92 Å². The van der Waals surface area contributed by atoms with Gasteiger partial charge in [0.2, 0.25) is 5.91 Å². The topological polar surface area (TPSA) is 57.8 Å². The molecule has 0 atom stereocenters. The highest BCUT2D eigenvalue weighted by Crippen LogP contribution is 2.24. The van der Waals surface area contributed by atoms with Crippen LogP contribution >= 0.6 is 0 Å². The van der Waals surface area contributed by atoms with E-state index in [0.717, 1.165) is 22.5 Å². The number of hydrogen-bond donors (Lipinski definition) is 2. The van der Waals surface area contributed by atoms with Crippen molar-refractivity contribution in [3.8, 4) is 0 Å². The summed E-state index contributed by atoms with van der Waals surface area (Å²) in [5.74, 6) is 0.951. The first-order chi connectivity index (χ1) is 8.77. The summed E-state index contributed by atoms with van der Waals surface area (Å²) in [6.07, 6.45) is 0. The lowest BCUT2D eigenvalue weighted by molar-refractivity contribution is -0.118. The Morgan fingerprint density at radius 3 is 2.58 bits per heavy atom. The number of nitrogens with zero attached hydrogens (tertiary/aromatic N) is 1. The molecule has 1 amide bonds. The van der Waals surface area contributed by atoms with Crippen LogP contribution in [0.2, 0.25) is 0 Å². The first-order valence-corrected chi connectivity index (χ1v) is 6.58. The van der Waals surface area contributed by atoms with Crippen LogP contribution in [0.25, 0.3) is 11.0 Å². The third-order valence-electron chi connectivity index (χ3n) is 2.98. The molecule has 19 heavy (non-hydrogen) atoms. The van der Waals surface area contributed by atoms with Gasteiger partial charge in [-0.15, -0.1) is 0 Å². The molecule has 1 aromatic heterocycles. The Bertz CT molecular complexity index is 605. The average Bonchev–Trinajstić information content (AvgIpc) is 2.71. The molecule has 2 N–H and O–H groups in total. The Kier molecular flexibility index (Phi) is 3.35. The summed E-state index contributed by atoms with van der Waals surface area (Å²) in [5, 5.41) is 2.89. The molecule has 0 fully saturated rings. The van der Waals surface area contributed by atoms with E-state index in [9.17, 15) is 4.79 Å². The number of hydrogen-bond acceptors (Lipinski definition) is 2. The smallest absolute Gasteiger partial charge is 0.226 e. The van der Waals surface area contributed by atoms with Crippen molar-refractivity contribution in [1.82, 2.24) is 9.97 Å². The van der Waals surface area contributed by atoms with Crippen LogP contribution in [0.5, 0.6) is 0 Å². The average molecular weight is 259 g/mol. The quantitative estimate of drug-likeness (QED) is 0.867. The second-order valence-corrected chi connectivity index (χ2v) is 6.21. The Morgan fingerprint density at radius 2 is 2.00 bits per heavy atom. The molecule has 0 saturated carbocycles. The molecule has 0 bridgehead atoms. The molecule has 0 aliphatic heterocycles. The maximum absolute atomic E-state index is 11.7. The number of amides is 1. The molecular weight excluding hydrogens is 238 g/mol. The minimum Gasteiger partial charge on any atom is -0.341 e. The molecule has 0 saturated heterocycles. The zero-order valence-electron chi connectivity index (χ0n) is 12.2. The fraction of sp³-hybridized carbons (Fsp3) is 0.467. The second kappa shape index (κ2) is 4.68. The van der Waals surface area contributed by atoms with Crippen LogP contribution in [0.1, 0.15) is 40.4 Å². The lowest BCUT2D eigenvalue weighted by atomic mass is 9.96. The van der Waals surface area contributed by atoms with Gasteiger partial charge in [-0.2, -0.15) is 0 Å². The molecule has 0 unspecified atom stereocenters. The highest BCUT2D eigenvalue weighted by atomic mass is 16.1. The first-order valence-electron chi connectivity index (χ1n) is 6.58. The molecule has 0 spiro atoms. The van der Waals surface area contributed by atoms with Crippen molar-refractivity contribution in [2.75, 3.05) is 5.32 Å². The minimum atomic E-state index is -0.0254. The second-order valence-electron chi connectivity index (χ2n) is 6.21. The number of aromatic nitrogens is 2. The van der Waals surface area contributed by atoms with E-state index in [4.69, 9.17) is 0 Å². The predicted molar refractivity (Wildman–Crippen MR) is 78.3 cm³/mol. The van der Waals surface area contributed by atoms with Crippen LogP contribution < -0.4 is 5.32 Å². The maximum atomic E-state index is 11.7. The van der Waals surface area contributed by atoms with Gasteiger partial charge >= 0.3 is 0 Å². The summed E-state index contributed by atoms with van der Waals surface area (Å²) < 4.78 is 0. The van der Waals surface area contributed by atoms with Crippen LogP contribution in [0.4, 0.5) is 5.69 Å². The van der Waals surface area contributed by atoms with E-state index in [-0.39, 0.29) is 17.2 Å². The third kappa shape index (κ3) is 2.95. The molecular formula is C15H21N3O. The van der Waals surface area contributed by atoms with Crippen LogP contribution in [-0.2, 0) is 10.2 Å². The lowest BCUT2D eigenvalue weighted by Gasteiger charge is -2.13. The number of aromatic amines is 1. The highest BCUT2D eigenvalue weighted by Gasteiger charge is 2.18. The van der Waals surface area contributed by atoms with Crippen molar-refractivity contribution in [3.05, 3.63) is 24.0 Å². The van der Waals surface area contributed by atoms with Gasteiger partial charge in [0.25, 0.3) is 0 Å². The molecule has 0 aliphatic rings. The Labute approximate surface area is 113 Å². The minimum absolute atomic E-state index is 0.0135. The molecule has 0 radical (unpaired) electrons. The van der Waals surface area contributed by atoms with Gasteiger partial charge in [-0.25, -0.2) is 4.98 Å². The van der Waals surface area contributed by atoms with Gasteiger partial charge in [0.15, 0.2) is 0 Å². The maximum Gasteiger partial charge on any atom is 0.226 e. The molecule has 4 nitrogen and oxygen atoms in total. The van der Waals surface area contributed by atoms with E-state index in [1.807, 2.05) is 32.0 Å². The first kappa shape index (κ1) is 13.6. The van der Waals surface area contributed by atoms with Gasteiger partial charge in [0.1, 0.15) is 5.82 Å².